The molecule has 5 heteroatoms. The highest BCUT2D eigenvalue weighted by Gasteiger charge is 2.27. The Bertz CT molecular complexity index is 445. The fourth-order valence-electron chi connectivity index (χ4n) is 2.29. The summed E-state index contributed by atoms with van der Waals surface area (Å²) in [4.78, 5) is 14.3. The molecule has 3 nitrogen and oxygen atoms in total. The summed E-state index contributed by atoms with van der Waals surface area (Å²) in [6, 6.07) is 5.24. The van der Waals surface area contributed by atoms with Crippen molar-refractivity contribution >= 4 is 29.1 Å². The molecule has 1 N–H and O–H groups in total. The average Bonchev–Trinajstić information content (AvgIpc) is 2.87. The van der Waals surface area contributed by atoms with Crippen molar-refractivity contribution in [2.75, 3.05) is 19.6 Å². The Morgan fingerprint density at radius 2 is 2.28 bits per heavy atom. The summed E-state index contributed by atoms with van der Waals surface area (Å²) in [5, 5.41) is 4.25. The molecule has 1 aliphatic heterocycles. The molecule has 0 bridgehead atoms. The highest BCUT2D eigenvalue weighted by molar-refractivity contribution is 6.35. The van der Waals surface area contributed by atoms with E-state index < -0.39 is 0 Å². The smallest absolute Gasteiger partial charge is 0.255 e. The first kappa shape index (κ1) is 13.7. The van der Waals surface area contributed by atoms with Crippen LogP contribution in [0.4, 0.5) is 0 Å². The molecule has 0 radical (unpaired) electrons. The topological polar surface area (TPSA) is 32.3 Å². The summed E-state index contributed by atoms with van der Waals surface area (Å²) < 4.78 is 0. The lowest BCUT2D eigenvalue weighted by atomic mass is 10.1. The molecular weight excluding hydrogens is 271 g/mol. The van der Waals surface area contributed by atoms with E-state index in [1.54, 1.807) is 18.2 Å². The number of hydrogen-bond donors (Lipinski definition) is 1. The third kappa shape index (κ3) is 2.79. The molecule has 0 aliphatic carbocycles. The van der Waals surface area contributed by atoms with E-state index in [-0.39, 0.29) is 11.9 Å². The second kappa shape index (κ2) is 5.91. The van der Waals surface area contributed by atoms with Crippen LogP contribution in [0.25, 0.3) is 0 Å². The van der Waals surface area contributed by atoms with Crippen LogP contribution in [0.15, 0.2) is 18.2 Å². The second-order valence-electron chi connectivity index (χ2n) is 4.36. The van der Waals surface area contributed by atoms with Crippen molar-refractivity contribution < 1.29 is 4.79 Å². The molecule has 1 aliphatic rings. The molecule has 1 atom stereocenters. The molecule has 0 saturated carbocycles. The predicted molar refractivity (Wildman–Crippen MR) is 74.4 cm³/mol. The quantitative estimate of drug-likeness (QED) is 0.927. The molecule has 98 valence electrons. The molecule has 1 aromatic carbocycles. The first-order valence-corrected chi connectivity index (χ1v) is 6.85. The van der Waals surface area contributed by atoms with Crippen LogP contribution in [-0.4, -0.2) is 36.5 Å². The van der Waals surface area contributed by atoms with Crippen LogP contribution in [-0.2, 0) is 0 Å². The molecular formula is C13H16Cl2N2O. The fourth-order valence-corrected chi connectivity index (χ4v) is 2.66. The lowest BCUT2D eigenvalue weighted by molar-refractivity contribution is 0.0704. The number of nitrogens with zero attached hydrogens (tertiary/aromatic N) is 1. The summed E-state index contributed by atoms with van der Waals surface area (Å²) in [6.45, 7) is 4.46. The Balaban J connectivity index is 2.25. The Morgan fingerprint density at radius 3 is 2.89 bits per heavy atom. The van der Waals surface area contributed by atoms with Gasteiger partial charge in [-0.2, -0.15) is 0 Å². The monoisotopic (exact) mass is 286 g/mol. The average molecular weight is 287 g/mol. The van der Waals surface area contributed by atoms with Gasteiger partial charge < -0.3 is 10.2 Å². The number of rotatable bonds is 3. The van der Waals surface area contributed by atoms with Gasteiger partial charge in [0.05, 0.1) is 10.6 Å². The predicted octanol–water partition coefficient (Wildman–Crippen LogP) is 2.82. The summed E-state index contributed by atoms with van der Waals surface area (Å²) in [5.41, 5.74) is 0.484. The normalized spacial score (nSPS) is 18.9. The van der Waals surface area contributed by atoms with Crippen molar-refractivity contribution in [3.8, 4) is 0 Å². The fraction of sp³-hybridized carbons (Fsp3) is 0.462. The zero-order chi connectivity index (χ0) is 13.1. The standard InChI is InChI=1S/C13H16Cl2N2O/c1-2-17(10-5-6-16-8-10)13(18)11-7-9(14)3-4-12(11)15/h3-4,7,10,16H,2,5-6,8H2,1H3. The molecule has 1 fully saturated rings. The lowest BCUT2D eigenvalue weighted by Gasteiger charge is -2.27. The summed E-state index contributed by atoms with van der Waals surface area (Å²) >= 11 is 12.0. The van der Waals surface area contributed by atoms with Crippen LogP contribution < -0.4 is 5.32 Å². The van der Waals surface area contributed by atoms with Crippen molar-refractivity contribution in [1.29, 1.82) is 0 Å². The van der Waals surface area contributed by atoms with Crippen LogP contribution in [0.3, 0.4) is 0 Å². The van der Waals surface area contributed by atoms with E-state index in [1.165, 1.54) is 0 Å². The number of halogens is 2. The van der Waals surface area contributed by atoms with E-state index in [0.29, 0.717) is 22.2 Å². The van der Waals surface area contributed by atoms with E-state index >= 15 is 0 Å². The number of hydrogen-bond acceptors (Lipinski definition) is 2. The van der Waals surface area contributed by atoms with Gasteiger partial charge in [-0.05, 0) is 38.1 Å². The first-order valence-electron chi connectivity index (χ1n) is 6.10. The van der Waals surface area contributed by atoms with Gasteiger partial charge in [-0.25, -0.2) is 0 Å². The first-order chi connectivity index (χ1) is 8.63. The van der Waals surface area contributed by atoms with E-state index in [1.807, 2.05) is 11.8 Å². The minimum atomic E-state index is -0.0429. The molecule has 1 saturated heterocycles. The van der Waals surface area contributed by atoms with Crippen LogP contribution >= 0.6 is 23.2 Å². The van der Waals surface area contributed by atoms with Crippen molar-refractivity contribution in [2.24, 2.45) is 0 Å². The van der Waals surface area contributed by atoms with Gasteiger partial charge in [-0.1, -0.05) is 23.2 Å². The molecule has 1 unspecified atom stereocenters. The molecule has 1 amide bonds. The number of carbonyl (C=O) groups excluding carboxylic acids is 1. The number of carbonyl (C=O) groups is 1. The van der Waals surface area contributed by atoms with Crippen LogP contribution in [0.5, 0.6) is 0 Å². The van der Waals surface area contributed by atoms with Gasteiger partial charge in [0, 0.05) is 24.2 Å². The van der Waals surface area contributed by atoms with Crippen LogP contribution in [0.1, 0.15) is 23.7 Å². The third-order valence-electron chi connectivity index (χ3n) is 3.24. The molecule has 2 rings (SSSR count). The Labute approximate surface area is 117 Å². The van der Waals surface area contributed by atoms with Gasteiger partial charge in [0.2, 0.25) is 0 Å². The van der Waals surface area contributed by atoms with E-state index in [9.17, 15) is 4.79 Å². The number of nitrogens with one attached hydrogen (secondary N) is 1. The van der Waals surface area contributed by atoms with Gasteiger partial charge in [0.15, 0.2) is 0 Å². The highest BCUT2D eigenvalue weighted by Crippen LogP contribution is 2.23. The van der Waals surface area contributed by atoms with Crippen LogP contribution in [0, 0.1) is 0 Å². The Hall–Kier alpha value is -0.770. The zero-order valence-corrected chi connectivity index (χ0v) is 11.8. The minimum absolute atomic E-state index is 0.0429. The summed E-state index contributed by atoms with van der Waals surface area (Å²) in [5.74, 6) is -0.0429. The highest BCUT2D eigenvalue weighted by atomic mass is 35.5. The largest absolute Gasteiger partial charge is 0.335 e. The van der Waals surface area contributed by atoms with Crippen LogP contribution in [0.2, 0.25) is 10.0 Å². The SMILES string of the molecule is CCN(C(=O)c1cc(Cl)ccc1Cl)C1CCNC1. The molecule has 1 aromatic rings. The van der Waals surface area contributed by atoms with Crippen molar-refractivity contribution in [3.63, 3.8) is 0 Å². The van der Waals surface area contributed by atoms with Gasteiger partial charge in [-0.3, -0.25) is 4.79 Å². The number of likely N-dealkylation sites (N-methyl/N-ethyl adjacent to an activating group) is 1. The van der Waals surface area contributed by atoms with Crippen molar-refractivity contribution in [1.82, 2.24) is 10.2 Å². The van der Waals surface area contributed by atoms with Crippen molar-refractivity contribution in [3.05, 3.63) is 33.8 Å². The molecule has 0 aromatic heterocycles. The maximum absolute atomic E-state index is 12.5. The lowest BCUT2D eigenvalue weighted by Crippen LogP contribution is -2.41. The van der Waals surface area contributed by atoms with Gasteiger partial charge >= 0.3 is 0 Å². The van der Waals surface area contributed by atoms with Gasteiger partial charge in [0.1, 0.15) is 0 Å². The maximum Gasteiger partial charge on any atom is 0.255 e. The van der Waals surface area contributed by atoms with Gasteiger partial charge in [-0.15, -0.1) is 0 Å². The number of amides is 1. The number of benzene rings is 1. The zero-order valence-electron chi connectivity index (χ0n) is 10.2. The molecule has 1 heterocycles. The van der Waals surface area contributed by atoms with Gasteiger partial charge in [0.25, 0.3) is 5.91 Å². The Kier molecular flexibility index (Phi) is 4.49. The minimum Gasteiger partial charge on any atom is -0.335 e. The maximum atomic E-state index is 12.5. The van der Waals surface area contributed by atoms with E-state index in [0.717, 1.165) is 19.5 Å². The van der Waals surface area contributed by atoms with E-state index in [4.69, 9.17) is 23.2 Å². The summed E-state index contributed by atoms with van der Waals surface area (Å²) in [6.07, 6.45) is 0.984. The third-order valence-corrected chi connectivity index (χ3v) is 3.80. The van der Waals surface area contributed by atoms with E-state index in [2.05, 4.69) is 5.32 Å². The summed E-state index contributed by atoms with van der Waals surface area (Å²) in [7, 11) is 0. The molecule has 0 spiro atoms. The van der Waals surface area contributed by atoms with Crippen molar-refractivity contribution in [2.45, 2.75) is 19.4 Å². The second-order valence-corrected chi connectivity index (χ2v) is 5.21. The Morgan fingerprint density at radius 1 is 1.50 bits per heavy atom. The molecule has 18 heavy (non-hydrogen) atoms.